The number of allylic oxidation sites excluding steroid dienone is 1. The second kappa shape index (κ2) is 7.08. The standard InChI is InChI=1S/C25H29N3O/c1-15-8-9-20-21(10-15)28-23(27-20)17(14-26)11-16-12-18(24(2,3)4)22(29)19(13-16)25(5,6)7/h8-13,29H,1-7H3,(H,27,28). The monoisotopic (exact) mass is 387 g/mol. The number of H-pyrrole nitrogens is 1. The fraction of sp³-hybridized carbons (Fsp3) is 0.360. The van der Waals surface area contributed by atoms with Gasteiger partial charge in [-0.2, -0.15) is 5.26 Å². The lowest BCUT2D eigenvalue weighted by Gasteiger charge is -2.28. The van der Waals surface area contributed by atoms with Crippen molar-refractivity contribution in [3.8, 4) is 11.8 Å². The first kappa shape index (κ1) is 20.7. The number of aromatic nitrogens is 2. The van der Waals surface area contributed by atoms with E-state index in [2.05, 4.69) is 57.6 Å². The van der Waals surface area contributed by atoms with Gasteiger partial charge in [0.2, 0.25) is 0 Å². The summed E-state index contributed by atoms with van der Waals surface area (Å²) in [6.07, 6.45) is 1.84. The molecule has 4 heteroatoms. The second-order valence-corrected chi connectivity index (χ2v) is 9.74. The number of phenols is 1. The molecule has 0 bridgehead atoms. The zero-order valence-corrected chi connectivity index (χ0v) is 18.3. The summed E-state index contributed by atoms with van der Waals surface area (Å²) in [5.74, 6) is 0.885. The first-order chi connectivity index (χ1) is 13.4. The van der Waals surface area contributed by atoms with Crippen LogP contribution in [0.25, 0.3) is 22.7 Å². The largest absolute Gasteiger partial charge is 0.507 e. The Balaban J connectivity index is 2.19. The van der Waals surface area contributed by atoms with E-state index < -0.39 is 0 Å². The molecule has 0 unspecified atom stereocenters. The molecule has 0 atom stereocenters. The number of nitrogens with one attached hydrogen (secondary N) is 1. The van der Waals surface area contributed by atoms with Gasteiger partial charge in [0.1, 0.15) is 17.6 Å². The Labute approximate surface area is 172 Å². The van der Waals surface area contributed by atoms with Crippen molar-refractivity contribution < 1.29 is 5.11 Å². The summed E-state index contributed by atoms with van der Waals surface area (Å²) in [7, 11) is 0. The van der Waals surface area contributed by atoms with E-state index in [1.54, 1.807) is 0 Å². The maximum Gasteiger partial charge on any atom is 0.149 e. The fourth-order valence-electron chi connectivity index (χ4n) is 3.45. The quantitative estimate of drug-likeness (QED) is 0.511. The van der Waals surface area contributed by atoms with E-state index in [0.29, 0.717) is 17.1 Å². The van der Waals surface area contributed by atoms with Gasteiger partial charge in [0, 0.05) is 11.1 Å². The van der Waals surface area contributed by atoms with Gasteiger partial charge in [-0.25, -0.2) is 4.98 Å². The number of hydrogen-bond acceptors (Lipinski definition) is 3. The number of phenolic OH excluding ortho intramolecular Hbond substituents is 1. The number of aromatic amines is 1. The first-order valence-electron chi connectivity index (χ1n) is 9.86. The molecule has 0 amide bonds. The first-order valence-corrected chi connectivity index (χ1v) is 9.86. The van der Waals surface area contributed by atoms with Crippen LogP contribution >= 0.6 is 0 Å². The molecule has 3 aromatic rings. The molecule has 3 rings (SSSR count). The van der Waals surface area contributed by atoms with Crippen molar-refractivity contribution in [3.63, 3.8) is 0 Å². The van der Waals surface area contributed by atoms with E-state index in [0.717, 1.165) is 33.3 Å². The topological polar surface area (TPSA) is 72.7 Å². The minimum Gasteiger partial charge on any atom is -0.507 e. The van der Waals surface area contributed by atoms with E-state index in [1.165, 1.54) is 0 Å². The number of nitrogens with zero attached hydrogens (tertiary/aromatic N) is 2. The van der Waals surface area contributed by atoms with Gasteiger partial charge in [-0.3, -0.25) is 0 Å². The van der Waals surface area contributed by atoms with Gasteiger partial charge in [-0.15, -0.1) is 0 Å². The van der Waals surface area contributed by atoms with Crippen LogP contribution < -0.4 is 0 Å². The van der Waals surface area contributed by atoms with Crippen molar-refractivity contribution in [2.24, 2.45) is 0 Å². The summed E-state index contributed by atoms with van der Waals surface area (Å²) in [6, 6.07) is 12.2. The van der Waals surface area contributed by atoms with Crippen molar-refractivity contribution in [1.29, 1.82) is 5.26 Å². The van der Waals surface area contributed by atoms with Gasteiger partial charge in [0.05, 0.1) is 16.6 Å². The number of aryl methyl sites for hydroxylation is 1. The van der Waals surface area contributed by atoms with Gasteiger partial charge in [0.25, 0.3) is 0 Å². The summed E-state index contributed by atoms with van der Waals surface area (Å²) in [4.78, 5) is 7.84. The molecule has 0 radical (unpaired) electrons. The molecule has 0 saturated heterocycles. The Morgan fingerprint density at radius 3 is 2.14 bits per heavy atom. The number of imidazole rings is 1. The summed E-state index contributed by atoms with van der Waals surface area (Å²) >= 11 is 0. The average molecular weight is 388 g/mol. The number of aromatic hydroxyl groups is 1. The number of hydrogen-bond donors (Lipinski definition) is 2. The maximum absolute atomic E-state index is 10.9. The molecule has 4 nitrogen and oxygen atoms in total. The minimum atomic E-state index is -0.225. The highest BCUT2D eigenvalue weighted by molar-refractivity contribution is 5.90. The molecule has 0 aliphatic carbocycles. The summed E-state index contributed by atoms with van der Waals surface area (Å²) in [5.41, 5.74) is 5.52. The summed E-state index contributed by atoms with van der Waals surface area (Å²) in [5, 5.41) is 20.7. The molecule has 0 aliphatic heterocycles. The molecule has 1 heterocycles. The predicted molar refractivity (Wildman–Crippen MR) is 120 cm³/mol. The average Bonchev–Trinajstić information content (AvgIpc) is 3.01. The smallest absolute Gasteiger partial charge is 0.149 e. The molecule has 0 fully saturated rings. The van der Waals surface area contributed by atoms with Crippen molar-refractivity contribution >= 4 is 22.7 Å². The van der Waals surface area contributed by atoms with E-state index in [9.17, 15) is 10.4 Å². The van der Waals surface area contributed by atoms with Crippen LogP contribution in [0.2, 0.25) is 0 Å². The maximum atomic E-state index is 10.9. The summed E-state index contributed by atoms with van der Waals surface area (Å²) < 4.78 is 0. The van der Waals surface area contributed by atoms with Crippen LogP contribution in [0.3, 0.4) is 0 Å². The normalized spacial score (nSPS) is 13.0. The van der Waals surface area contributed by atoms with Crippen LogP contribution in [-0.2, 0) is 10.8 Å². The predicted octanol–water partition coefficient (Wildman–Crippen LogP) is 6.24. The van der Waals surface area contributed by atoms with Gasteiger partial charge in [-0.05, 0) is 59.2 Å². The lowest BCUT2D eigenvalue weighted by atomic mass is 9.78. The number of rotatable bonds is 2. The molecule has 2 N–H and O–H groups in total. The highest BCUT2D eigenvalue weighted by atomic mass is 16.3. The summed E-state index contributed by atoms with van der Waals surface area (Å²) in [6.45, 7) is 14.5. The molecule has 0 spiro atoms. The third-order valence-electron chi connectivity index (χ3n) is 5.07. The lowest BCUT2D eigenvalue weighted by Crippen LogP contribution is -2.17. The molecule has 150 valence electrons. The van der Waals surface area contributed by atoms with E-state index >= 15 is 0 Å². The number of benzene rings is 2. The van der Waals surface area contributed by atoms with Crippen LogP contribution in [0, 0.1) is 18.3 Å². The highest BCUT2D eigenvalue weighted by Gasteiger charge is 2.26. The zero-order valence-electron chi connectivity index (χ0n) is 18.3. The molecular formula is C25H29N3O. The van der Waals surface area contributed by atoms with E-state index in [4.69, 9.17) is 0 Å². The van der Waals surface area contributed by atoms with E-state index in [1.807, 2.05) is 43.3 Å². The third-order valence-corrected chi connectivity index (χ3v) is 5.07. The Bertz CT molecular complexity index is 1110. The Morgan fingerprint density at radius 2 is 1.62 bits per heavy atom. The Morgan fingerprint density at radius 1 is 1.03 bits per heavy atom. The molecule has 0 saturated carbocycles. The molecule has 1 aromatic heterocycles. The van der Waals surface area contributed by atoms with Crippen LogP contribution in [0.5, 0.6) is 5.75 Å². The number of nitriles is 1. The molecular weight excluding hydrogens is 358 g/mol. The minimum absolute atomic E-state index is 0.225. The second-order valence-electron chi connectivity index (χ2n) is 9.74. The van der Waals surface area contributed by atoms with Gasteiger partial charge in [0.15, 0.2) is 0 Å². The Hall–Kier alpha value is -3.06. The van der Waals surface area contributed by atoms with Crippen molar-refractivity contribution in [2.75, 3.05) is 0 Å². The fourth-order valence-corrected chi connectivity index (χ4v) is 3.45. The SMILES string of the molecule is Cc1ccc2nc(C(C#N)=Cc3cc(C(C)(C)C)c(O)c(C(C)(C)C)c3)[nH]c2c1. The van der Waals surface area contributed by atoms with Crippen LogP contribution in [0.1, 0.15) is 69.6 Å². The number of fused-ring (bicyclic) bond motifs is 1. The van der Waals surface area contributed by atoms with Gasteiger partial charge >= 0.3 is 0 Å². The molecule has 0 aliphatic rings. The van der Waals surface area contributed by atoms with Gasteiger partial charge < -0.3 is 10.1 Å². The lowest BCUT2D eigenvalue weighted by molar-refractivity contribution is 0.423. The van der Waals surface area contributed by atoms with Crippen molar-refractivity contribution in [2.45, 2.75) is 59.3 Å². The van der Waals surface area contributed by atoms with Crippen molar-refractivity contribution in [1.82, 2.24) is 9.97 Å². The Kier molecular flexibility index (Phi) is 5.04. The van der Waals surface area contributed by atoms with E-state index in [-0.39, 0.29) is 10.8 Å². The van der Waals surface area contributed by atoms with Crippen LogP contribution in [-0.4, -0.2) is 15.1 Å². The highest BCUT2D eigenvalue weighted by Crippen LogP contribution is 2.40. The van der Waals surface area contributed by atoms with Crippen LogP contribution in [0.4, 0.5) is 0 Å². The molecule has 29 heavy (non-hydrogen) atoms. The third kappa shape index (κ3) is 4.19. The molecule has 2 aromatic carbocycles. The van der Waals surface area contributed by atoms with Gasteiger partial charge in [-0.1, -0.05) is 47.6 Å². The zero-order chi connectivity index (χ0) is 21.6. The van der Waals surface area contributed by atoms with Crippen LogP contribution in [0.15, 0.2) is 30.3 Å². The van der Waals surface area contributed by atoms with Crippen molar-refractivity contribution in [3.05, 3.63) is 58.4 Å².